The van der Waals surface area contributed by atoms with Crippen LogP contribution in [0.25, 0.3) is 22.0 Å². The van der Waals surface area contributed by atoms with E-state index in [9.17, 15) is 4.79 Å². The van der Waals surface area contributed by atoms with Crippen molar-refractivity contribution in [1.29, 1.82) is 0 Å². The van der Waals surface area contributed by atoms with Crippen LogP contribution in [0.3, 0.4) is 0 Å². The van der Waals surface area contributed by atoms with Gasteiger partial charge in [0.2, 0.25) is 0 Å². The minimum atomic E-state index is -0.223. The Labute approximate surface area is 212 Å². The van der Waals surface area contributed by atoms with Gasteiger partial charge in [-0.2, -0.15) is 5.10 Å². The van der Waals surface area contributed by atoms with Crippen LogP contribution in [0, 0.1) is 0 Å². The Morgan fingerprint density at radius 3 is 2.56 bits per heavy atom. The van der Waals surface area contributed by atoms with Gasteiger partial charge < -0.3 is 15.1 Å². The number of amides is 1. The van der Waals surface area contributed by atoms with E-state index in [1.807, 2.05) is 56.8 Å². The van der Waals surface area contributed by atoms with Gasteiger partial charge in [-0.15, -0.1) is 0 Å². The Balaban J connectivity index is 1.28. The number of rotatable bonds is 8. The number of carbonyl (C=O) groups excluding carboxylic acids is 1. The molecule has 1 fully saturated rings. The van der Waals surface area contributed by atoms with Gasteiger partial charge in [0.25, 0.3) is 5.91 Å². The molecule has 0 aliphatic carbocycles. The van der Waals surface area contributed by atoms with E-state index in [2.05, 4.69) is 48.5 Å². The minimum Gasteiger partial charge on any atom is -0.321 e. The third-order valence-corrected chi connectivity index (χ3v) is 6.78. The van der Waals surface area contributed by atoms with E-state index in [0.29, 0.717) is 5.69 Å². The van der Waals surface area contributed by atoms with Crippen LogP contribution in [0.5, 0.6) is 0 Å². The highest BCUT2D eigenvalue weighted by Gasteiger charge is 2.16. The van der Waals surface area contributed by atoms with Crippen LogP contribution in [0.2, 0.25) is 0 Å². The third-order valence-electron chi connectivity index (χ3n) is 6.78. The molecular weight excluding hydrogens is 448 g/mol. The lowest BCUT2D eigenvalue weighted by molar-refractivity contribution is 0.102. The highest BCUT2D eigenvalue weighted by atomic mass is 16.1. The summed E-state index contributed by atoms with van der Waals surface area (Å²) >= 11 is 0. The summed E-state index contributed by atoms with van der Waals surface area (Å²) in [5, 5.41) is 11.1. The number of anilines is 1. The first-order valence-electron chi connectivity index (χ1n) is 12.7. The zero-order chi connectivity index (χ0) is 24.9. The number of aromatic nitrogens is 3. The number of pyridine rings is 1. The van der Waals surface area contributed by atoms with Gasteiger partial charge in [0.05, 0.1) is 5.52 Å². The fourth-order valence-electron chi connectivity index (χ4n) is 4.88. The molecule has 4 aromatic rings. The first-order valence-corrected chi connectivity index (χ1v) is 12.7. The van der Waals surface area contributed by atoms with Crippen LogP contribution in [0.1, 0.15) is 40.9 Å². The highest BCUT2D eigenvalue weighted by Crippen LogP contribution is 2.26. The zero-order valence-electron chi connectivity index (χ0n) is 21.1. The van der Waals surface area contributed by atoms with Crippen LogP contribution < -0.4 is 5.32 Å². The molecule has 7 heteroatoms. The van der Waals surface area contributed by atoms with Gasteiger partial charge in [-0.3, -0.25) is 14.9 Å². The Hall–Kier alpha value is -3.55. The molecule has 2 aromatic heterocycles. The summed E-state index contributed by atoms with van der Waals surface area (Å²) in [6, 6.07) is 16.3. The van der Waals surface area contributed by atoms with E-state index < -0.39 is 0 Å². The molecule has 2 N–H and O–H groups in total. The van der Waals surface area contributed by atoms with Crippen LogP contribution in [-0.2, 0) is 13.0 Å². The second-order valence-corrected chi connectivity index (χ2v) is 9.96. The maximum absolute atomic E-state index is 13.1. The number of likely N-dealkylation sites (tertiary alicyclic amines) is 1. The topological polar surface area (TPSA) is 77.1 Å². The van der Waals surface area contributed by atoms with E-state index in [-0.39, 0.29) is 5.91 Å². The number of piperidine rings is 1. The fourth-order valence-corrected chi connectivity index (χ4v) is 4.88. The molecule has 0 bridgehead atoms. The summed E-state index contributed by atoms with van der Waals surface area (Å²) in [5.74, 6) is -0.223. The zero-order valence-corrected chi connectivity index (χ0v) is 21.1. The summed E-state index contributed by atoms with van der Waals surface area (Å²) in [7, 11) is 4.08. The van der Waals surface area contributed by atoms with Crippen molar-refractivity contribution in [2.45, 2.75) is 32.2 Å². The standard InChI is InChI=1S/C29H34N6O/c1-34(2)20-22-16-24(19-30-18-22)23-8-11-27-26(17-23)28(33-32-27)29(36)31-25-9-6-21(7-10-25)12-15-35-13-4-3-5-14-35/h6-11,16-19H,3-5,12-15,20H2,1-2H3,(H,31,36)(H,32,33). The Morgan fingerprint density at radius 1 is 0.972 bits per heavy atom. The van der Waals surface area contributed by atoms with E-state index in [0.717, 1.165) is 52.8 Å². The number of H-pyrrole nitrogens is 1. The summed E-state index contributed by atoms with van der Waals surface area (Å²) < 4.78 is 0. The van der Waals surface area contributed by atoms with E-state index in [4.69, 9.17) is 0 Å². The van der Waals surface area contributed by atoms with Gasteiger partial charge in [-0.25, -0.2) is 0 Å². The summed E-state index contributed by atoms with van der Waals surface area (Å²) in [6.07, 6.45) is 8.76. The fraction of sp³-hybridized carbons (Fsp3) is 0.345. The van der Waals surface area contributed by atoms with Crippen molar-refractivity contribution in [2.75, 3.05) is 39.0 Å². The Morgan fingerprint density at radius 2 is 1.78 bits per heavy atom. The van der Waals surface area contributed by atoms with E-state index in [1.165, 1.54) is 37.9 Å². The molecule has 0 spiro atoms. The van der Waals surface area contributed by atoms with Gasteiger partial charge in [0.1, 0.15) is 0 Å². The molecule has 0 radical (unpaired) electrons. The number of nitrogens with one attached hydrogen (secondary N) is 2. The largest absolute Gasteiger partial charge is 0.321 e. The molecule has 1 saturated heterocycles. The van der Waals surface area contributed by atoms with Crippen molar-refractivity contribution in [1.82, 2.24) is 25.0 Å². The Bertz CT molecular complexity index is 1320. The lowest BCUT2D eigenvalue weighted by Crippen LogP contribution is -2.31. The molecule has 1 aliphatic rings. The molecule has 0 saturated carbocycles. The maximum Gasteiger partial charge on any atom is 0.276 e. The Kier molecular flexibility index (Phi) is 7.39. The molecule has 1 aliphatic heterocycles. The van der Waals surface area contributed by atoms with Gasteiger partial charge in [-0.1, -0.05) is 24.6 Å². The average molecular weight is 483 g/mol. The predicted octanol–water partition coefficient (Wildman–Crippen LogP) is 4.97. The molecule has 7 nitrogen and oxygen atoms in total. The number of benzene rings is 2. The van der Waals surface area contributed by atoms with Crippen molar-refractivity contribution >= 4 is 22.5 Å². The molecule has 0 atom stereocenters. The highest BCUT2D eigenvalue weighted by molar-refractivity contribution is 6.11. The molecule has 1 amide bonds. The second kappa shape index (κ2) is 11.0. The molecule has 0 unspecified atom stereocenters. The number of hydrogen-bond acceptors (Lipinski definition) is 5. The van der Waals surface area contributed by atoms with Gasteiger partial charge in [0, 0.05) is 42.1 Å². The lowest BCUT2D eigenvalue weighted by atomic mass is 10.0. The number of hydrogen-bond donors (Lipinski definition) is 2. The smallest absolute Gasteiger partial charge is 0.276 e. The molecular formula is C29H34N6O. The van der Waals surface area contributed by atoms with Crippen molar-refractivity contribution < 1.29 is 4.79 Å². The molecule has 2 aromatic carbocycles. The van der Waals surface area contributed by atoms with Gasteiger partial charge >= 0.3 is 0 Å². The van der Waals surface area contributed by atoms with Crippen LogP contribution >= 0.6 is 0 Å². The molecule has 3 heterocycles. The van der Waals surface area contributed by atoms with Crippen LogP contribution in [0.4, 0.5) is 5.69 Å². The third kappa shape index (κ3) is 5.80. The molecule has 36 heavy (non-hydrogen) atoms. The van der Waals surface area contributed by atoms with E-state index in [1.54, 1.807) is 0 Å². The summed E-state index contributed by atoms with van der Waals surface area (Å²) in [6.45, 7) is 4.34. The average Bonchev–Trinajstić information content (AvgIpc) is 3.32. The SMILES string of the molecule is CN(C)Cc1cncc(-c2ccc3[nH]nc(C(=O)Nc4ccc(CCN5CCCCC5)cc4)c3c2)c1. The van der Waals surface area contributed by atoms with Gasteiger partial charge in [0.15, 0.2) is 5.69 Å². The quantitative estimate of drug-likeness (QED) is 0.371. The lowest BCUT2D eigenvalue weighted by Gasteiger charge is -2.26. The van der Waals surface area contributed by atoms with Crippen LogP contribution in [-0.4, -0.2) is 64.6 Å². The molecule has 186 valence electrons. The van der Waals surface area contributed by atoms with Crippen molar-refractivity contribution in [3.05, 3.63) is 77.7 Å². The monoisotopic (exact) mass is 482 g/mol. The normalized spacial score (nSPS) is 14.4. The number of nitrogens with zero attached hydrogens (tertiary/aromatic N) is 4. The number of fused-ring (bicyclic) bond motifs is 1. The summed E-state index contributed by atoms with van der Waals surface area (Å²) in [4.78, 5) is 22.2. The van der Waals surface area contributed by atoms with Crippen molar-refractivity contribution in [3.63, 3.8) is 0 Å². The predicted molar refractivity (Wildman–Crippen MR) is 145 cm³/mol. The maximum atomic E-state index is 13.1. The first kappa shape index (κ1) is 24.2. The minimum absolute atomic E-state index is 0.223. The first-order chi connectivity index (χ1) is 17.5. The number of aromatic amines is 1. The second-order valence-electron chi connectivity index (χ2n) is 9.96. The molecule has 5 rings (SSSR count). The van der Waals surface area contributed by atoms with Crippen LogP contribution in [0.15, 0.2) is 60.9 Å². The van der Waals surface area contributed by atoms with E-state index >= 15 is 0 Å². The van der Waals surface area contributed by atoms with Crippen molar-refractivity contribution in [2.24, 2.45) is 0 Å². The summed E-state index contributed by atoms with van der Waals surface area (Å²) in [5.41, 5.74) is 6.44. The number of carbonyl (C=O) groups is 1. The van der Waals surface area contributed by atoms with Crippen molar-refractivity contribution in [3.8, 4) is 11.1 Å². The van der Waals surface area contributed by atoms with Gasteiger partial charge in [-0.05, 0) is 93.5 Å².